The summed E-state index contributed by atoms with van der Waals surface area (Å²) in [5.74, 6) is 0. The Labute approximate surface area is 156 Å². The van der Waals surface area contributed by atoms with E-state index in [9.17, 15) is 0 Å². The second kappa shape index (κ2) is 15.2. The predicted molar refractivity (Wildman–Crippen MR) is 98.6 cm³/mol. The second-order valence-corrected chi connectivity index (χ2v) is 4.46. The Kier molecular flexibility index (Phi) is 14.0. The van der Waals surface area contributed by atoms with Crippen molar-refractivity contribution >= 4 is 9.30 Å². The van der Waals surface area contributed by atoms with Gasteiger partial charge in [0.15, 0.2) is 0 Å². The molecule has 0 aliphatic carbocycles. The van der Waals surface area contributed by atoms with Crippen molar-refractivity contribution in [2.24, 2.45) is 0 Å². The molecule has 0 fully saturated rings. The third kappa shape index (κ3) is 13.6. The molecule has 0 amide bonds. The van der Waals surface area contributed by atoms with Crippen LogP contribution in [0.25, 0.3) is 0 Å². The van der Waals surface area contributed by atoms with Crippen LogP contribution < -0.4 is 0 Å². The van der Waals surface area contributed by atoms with Gasteiger partial charge in [0.1, 0.15) is 0 Å². The molecule has 2 heteroatoms. The van der Waals surface area contributed by atoms with Gasteiger partial charge in [-0.1, -0.05) is 18.2 Å². The summed E-state index contributed by atoms with van der Waals surface area (Å²) in [6, 6.07) is 29.6. The van der Waals surface area contributed by atoms with Gasteiger partial charge in [0.05, 0.1) is 0 Å². The van der Waals surface area contributed by atoms with Crippen molar-refractivity contribution in [3.05, 3.63) is 128 Å². The molecule has 0 heterocycles. The minimum atomic E-state index is 1.07. The van der Waals surface area contributed by atoms with Gasteiger partial charge in [0.25, 0.3) is 0 Å². The fraction of sp³-hybridized carbons (Fsp3) is 0. The average molecular weight is 357 g/mol. The molecule has 0 unspecified atom stereocenters. The summed E-state index contributed by atoms with van der Waals surface area (Å²) < 4.78 is 0. The number of hydrogen-bond acceptors (Lipinski definition) is 0. The van der Waals surface area contributed by atoms with Crippen molar-refractivity contribution < 1.29 is 19.4 Å². The molecule has 3 aromatic carbocycles. The van der Waals surface area contributed by atoms with E-state index >= 15 is 0 Å². The summed E-state index contributed by atoms with van der Waals surface area (Å²) in [5, 5.41) is 0. The van der Waals surface area contributed by atoms with Crippen LogP contribution in [-0.2, 0) is 19.4 Å². The Morgan fingerprint density at radius 2 is 0.609 bits per heavy atom. The van der Waals surface area contributed by atoms with Gasteiger partial charge >= 0.3 is 28.7 Å². The van der Waals surface area contributed by atoms with Crippen molar-refractivity contribution in [3.63, 3.8) is 0 Å². The first-order valence-electron chi connectivity index (χ1n) is 6.98. The molecule has 0 saturated heterocycles. The van der Waals surface area contributed by atoms with Crippen LogP contribution in [0.3, 0.4) is 0 Å². The van der Waals surface area contributed by atoms with E-state index in [0.29, 0.717) is 0 Å². The monoisotopic (exact) mass is 356 g/mol. The third-order valence-corrected chi connectivity index (χ3v) is 2.53. The molecule has 0 bridgehead atoms. The SMILES string of the molecule is [CH2-]c1ccccc1.[CH2-]c1ccccc1.[CH2-]c1ccccc1.[Cl][Ti+3]. The Morgan fingerprint density at radius 1 is 0.435 bits per heavy atom. The maximum absolute atomic E-state index is 4.64. The summed E-state index contributed by atoms with van der Waals surface area (Å²) in [6.45, 7) is 11.2. The number of halogens is 1. The van der Waals surface area contributed by atoms with Crippen LogP contribution in [0.15, 0.2) is 91.0 Å². The predicted octanol–water partition coefficient (Wildman–Crippen LogP) is 6.29. The van der Waals surface area contributed by atoms with Gasteiger partial charge < -0.3 is 0 Å². The molecule has 0 aliphatic rings. The van der Waals surface area contributed by atoms with Gasteiger partial charge in [0, 0.05) is 0 Å². The van der Waals surface area contributed by atoms with E-state index in [1.807, 2.05) is 91.0 Å². The summed E-state index contributed by atoms with van der Waals surface area (Å²) in [5.41, 5.74) is 3.22. The molecular formula is C21H21ClTi. The van der Waals surface area contributed by atoms with E-state index in [4.69, 9.17) is 0 Å². The maximum atomic E-state index is 4.64. The molecule has 3 aromatic rings. The average Bonchev–Trinajstić information content (AvgIpc) is 2.60. The van der Waals surface area contributed by atoms with Gasteiger partial charge in [-0.2, -0.15) is 73.9 Å². The fourth-order valence-electron chi connectivity index (χ4n) is 1.43. The van der Waals surface area contributed by atoms with Gasteiger partial charge in [0.2, 0.25) is 0 Å². The third-order valence-electron chi connectivity index (χ3n) is 2.53. The van der Waals surface area contributed by atoms with Crippen molar-refractivity contribution in [2.75, 3.05) is 0 Å². The summed E-state index contributed by atoms with van der Waals surface area (Å²) in [7, 11) is 4.64. The normalized spacial score (nSPS) is 8.13. The molecule has 0 saturated carbocycles. The molecule has 3 rings (SSSR count). The number of hydrogen-bond donors (Lipinski definition) is 0. The van der Waals surface area contributed by atoms with Crippen LogP contribution in [0.5, 0.6) is 0 Å². The number of rotatable bonds is 0. The van der Waals surface area contributed by atoms with Crippen molar-refractivity contribution in [1.82, 2.24) is 0 Å². The molecule has 0 aromatic heterocycles. The van der Waals surface area contributed by atoms with Crippen LogP contribution in [0, 0.1) is 20.8 Å². The van der Waals surface area contributed by atoms with Gasteiger partial charge in [-0.3, -0.25) is 0 Å². The van der Waals surface area contributed by atoms with Crippen LogP contribution in [-0.4, -0.2) is 0 Å². The van der Waals surface area contributed by atoms with E-state index in [0.717, 1.165) is 16.7 Å². The second-order valence-electron chi connectivity index (χ2n) is 4.46. The van der Waals surface area contributed by atoms with Crippen molar-refractivity contribution in [1.29, 1.82) is 0 Å². The molecule has 0 aliphatic heterocycles. The van der Waals surface area contributed by atoms with Crippen molar-refractivity contribution in [3.8, 4) is 0 Å². The molecule has 0 spiro atoms. The minimum absolute atomic E-state index is 1.07. The summed E-state index contributed by atoms with van der Waals surface area (Å²) in [6.07, 6.45) is 0. The van der Waals surface area contributed by atoms with Crippen LogP contribution in [0.2, 0.25) is 0 Å². The summed E-state index contributed by atoms with van der Waals surface area (Å²) in [4.78, 5) is 0. The Hall–Kier alpha value is -1.73. The summed E-state index contributed by atoms with van der Waals surface area (Å²) >= 11 is 1.47. The molecular weight excluding hydrogens is 336 g/mol. The first kappa shape index (κ1) is 21.3. The van der Waals surface area contributed by atoms with Crippen molar-refractivity contribution in [2.45, 2.75) is 0 Å². The van der Waals surface area contributed by atoms with Gasteiger partial charge in [-0.15, -0.1) is 36.4 Å². The Balaban J connectivity index is 0.000000299. The molecule has 0 N–H and O–H groups in total. The zero-order valence-electron chi connectivity index (χ0n) is 13.2. The fourth-order valence-corrected chi connectivity index (χ4v) is 1.43. The molecule has 0 atom stereocenters. The Morgan fingerprint density at radius 3 is 0.696 bits per heavy atom. The van der Waals surface area contributed by atoms with Crippen LogP contribution in [0.1, 0.15) is 16.7 Å². The Bertz CT molecular complexity index is 491. The van der Waals surface area contributed by atoms with E-state index in [1.54, 1.807) is 0 Å². The zero-order valence-corrected chi connectivity index (χ0v) is 15.5. The van der Waals surface area contributed by atoms with Crippen LogP contribution in [0.4, 0.5) is 0 Å². The zero-order chi connectivity index (χ0) is 17.3. The first-order valence-corrected chi connectivity index (χ1v) is 9.13. The quantitative estimate of drug-likeness (QED) is 0.328. The van der Waals surface area contributed by atoms with Gasteiger partial charge in [-0.25, -0.2) is 0 Å². The standard InChI is InChI=1S/3C7H7.ClH.Ti/c3*1-7-5-3-2-4-6-7;;/h3*2-6H,1H2;1H;/q3*-1;;+4/p-1. The van der Waals surface area contributed by atoms with E-state index in [1.165, 1.54) is 19.4 Å². The number of benzene rings is 3. The molecule has 116 valence electrons. The first-order chi connectivity index (χ1) is 11.2. The molecule has 23 heavy (non-hydrogen) atoms. The van der Waals surface area contributed by atoms with Crippen LogP contribution >= 0.6 is 9.30 Å². The molecule has 0 nitrogen and oxygen atoms in total. The van der Waals surface area contributed by atoms with Gasteiger partial charge in [-0.05, 0) is 0 Å². The van der Waals surface area contributed by atoms with E-state index in [-0.39, 0.29) is 0 Å². The molecule has 0 radical (unpaired) electrons. The van der Waals surface area contributed by atoms with E-state index in [2.05, 4.69) is 30.1 Å². The topological polar surface area (TPSA) is 0 Å². The van der Waals surface area contributed by atoms with E-state index < -0.39 is 0 Å².